The Hall–Kier alpha value is -2.29. The van der Waals surface area contributed by atoms with Crippen molar-refractivity contribution in [3.63, 3.8) is 0 Å². The number of carbonyl (C=O) groups is 1. The SMILES string of the molecule is COc1c(C)cccc1C(=O)Nc1ccc(C(C)C)cc1. The number of hydrogen-bond acceptors (Lipinski definition) is 2. The van der Waals surface area contributed by atoms with Crippen LogP contribution in [0.1, 0.15) is 41.3 Å². The van der Waals surface area contributed by atoms with E-state index in [1.165, 1.54) is 5.56 Å². The maximum absolute atomic E-state index is 12.4. The fraction of sp³-hybridized carbons (Fsp3) is 0.278. The summed E-state index contributed by atoms with van der Waals surface area (Å²) >= 11 is 0. The molecule has 0 heterocycles. The van der Waals surface area contributed by atoms with Gasteiger partial charge in [-0.2, -0.15) is 0 Å². The van der Waals surface area contributed by atoms with Crippen LogP contribution in [0.5, 0.6) is 5.75 Å². The minimum absolute atomic E-state index is 0.159. The van der Waals surface area contributed by atoms with Crippen LogP contribution in [0.15, 0.2) is 42.5 Å². The van der Waals surface area contributed by atoms with Gasteiger partial charge >= 0.3 is 0 Å². The van der Waals surface area contributed by atoms with Crippen LogP contribution in [0.2, 0.25) is 0 Å². The van der Waals surface area contributed by atoms with Crippen molar-refractivity contribution < 1.29 is 9.53 Å². The number of amides is 1. The largest absolute Gasteiger partial charge is 0.496 e. The highest BCUT2D eigenvalue weighted by molar-refractivity contribution is 6.06. The average molecular weight is 283 g/mol. The Bertz CT molecular complexity index is 630. The molecule has 0 aromatic heterocycles. The molecule has 1 N–H and O–H groups in total. The van der Waals surface area contributed by atoms with Crippen molar-refractivity contribution in [2.45, 2.75) is 26.7 Å². The number of carbonyl (C=O) groups excluding carboxylic acids is 1. The van der Waals surface area contributed by atoms with E-state index < -0.39 is 0 Å². The number of para-hydroxylation sites is 1. The van der Waals surface area contributed by atoms with E-state index in [4.69, 9.17) is 4.74 Å². The number of benzene rings is 2. The maximum atomic E-state index is 12.4. The number of aryl methyl sites for hydroxylation is 1. The van der Waals surface area contributed by atoms with Crippen molar-refractivity contribution in [2.75, 3.05) is 12.4 Å². The Morgan fingerprint density at radius 2 is 1.76 bits per heavy atom. The van der Waals surface area contributed by atoms with Gasteiger partial charge in [0.05, 0.1) is 12.7 Å². The number of nitrogens with one attached hydrogen (secondary N) is 1. The van der Waals surface area contributed by atoms with Gasteiger partial charge in [-0.3, -0.25) is 4.79 Å². The zero-order chi connectivity index (χ0) is 15.4. The van der Waals surface area contributed by atoms with Crippen molar-refractivity contribution in [3.05, 3.63) is 59.2 Å². The van der Waals surface area contributed by atoms with Crippen LogP contribution in [0.25, 0.3) is 0 Å². The average Bonchev–Trinajstić information content (AvgIpc) is 2.47. The van der Waals surface area contributed by atoms with Crippen LogP contribution >= 0.6 is 0 Å². The molecule has 110 valence electrons. The third-order valence-electron chi connectivity index (χ3n) is 3.50. The molecule has 21 heavy (non-hydrogen) atoms. The summed E-state index contributed by atoms with van der Waals surface area (Å²) in [6.07, 6.45) is 0. The smallest absolute Gasteiger partial charge is 0.259 e. The zero-order valence-corrected chi connectivity index (χ0v) is 12.9. The number of ether oxygens (including phenoxy) is 1. The van der Waals surface area contributed by atoms with E-state index >= 15 is 0 Å². The second-order valence-corrected chi connectivity index (χ2v) is 5.39. The standard InChI is InChI=1S/C18H21NO2/c1-12(2)14-8-10-15(11-9-14)19-18(20)16-7-5-6-13(3)17(16)21-4/h5-12H,1-4H3,(H,19,20). The Morgan fingerprint density at radius 3 is 2.33 bits per heavy atom. The molecule has 0 saturated heterocycles. The minimum Gasteiger partial charge on any atom is -0.496 e. The van der Waals surface area contributed by atoms with Gasteiger partial charge in [-0.05, 0) is 42.2 Å². The number of anilines is 1. The first kappa shape index (κ1) is 15.1. The van der Waals surface area contributed by atoms with Crippen molar-refractivity contribution >= 4 is 11.6 Å². The molecule has 2 rings (SSSR count). The maximum Gasteiger partial charge on any atom is 0.259 e. The highest BCUT2D eigenvalue weighted by Gasteiger charge is 2.14. The second kappa shape index (κ2) is 6.44. The van der Waals surface area contributed by atoms with E-state index in [1.54, 1.807) is 13.2 Å². The van der Waals surface area contributed by atoms with Gasteiger partial charge in [-0.15, -0.1) is 0 Å². The molecule has 0 bridgehead atoms. The molecule has 0 saturated carbocycles. The first-order chi connectivity index (χ1) is 10.0. The first-order valence-corrected chi connectivity index (χ1v) is 7.08. The van der Waals surface area contributed by atoms with Crippen LogP contribution in [-0.2, 0) is 0 Å². The van der Waals surface area contributed by atoms with Gasteiger partial charge in [0.25, 0.3) is 5.91 Å². The molecule has 1 amide bonds. The third kappa shape index (κ3) is 3.43. The van der Waals surface area contributed by atoms with Crippen LogP contribution in [-0.4, -0.2) is 13.0 Å². The summed E-state index contributed by atoms with van der Waals surface area (Å²) < 4.78 is 5.32. The van der Waals surface area contributed by atoms with Gasteiger partial charge in [0.15, 0.2) is 0 Å². The summed E-state index contributed by atoms with van der Waals surface area (Å²) in [6, 6.07) is 13.5. The zero-order valence-electron chi connectivity index (χ0n) is 12.9. The van der Waals surface area contributed by atoms with Crippen LogP contribution in [0, 0.1) is 6.92 Å². The Labute approximate surface area is 126 Å². The molecule has 0 radical (unpaired) electrons. The minimum atomic E-state index is -0.159. The molecule has 3 heteroatoms. The molecule has 0 unspecified atom stereocenters. The summed E-state index contributed by atoms with van der Waals surface area (Å²) in [5, 5.41) is 2.91. The first-order valence-electron chi connectivity index (χ1n) is 7.08. The van der Waals surface area contributed by atoms with E-state index in [2.05, 4.69) is 19.2 Å². The molecule has 3 nitrogen and oxygen atoms in total. The molecule has 0 aliphatic carbocycles. The predicted octanol–water partition coefficient (Wildman–Crippen LogP) is 4.38. The summed E-state index contributed by atoms with van der Waals surface area (Å²) in [7, 11) is 1.58. The van der Waals surface area contributed by atoms with Gasteiger partial charge in [-0.25, -0.2) is 0 Å². The number of hydrogen-bond donors (Lipinski definition) is 1. The molecular weight excluding hydrogens is 262 g/mol. The van der Waals surface area contributed by atoms with E-state index in [-0.39, 0.29) is 5.91 Å². The lowest BCUT2D eigenvalue weighted by atomic mass is 10.0. The molecule has 0 fully saturated rings. The van der Waals surface area contributed by atoms with Crippen LogP contribution < -0.4 is 10.1 Å². The summed E-state index contributed by atoms with van der Waals surface area (Å²) in [4.78, 5) is 12.4. The molecule has 0 aliphatic heterocycles. The third-order valence-corrected chi connectivity index (χ3v) is 3.50. The van der Waals surface area contributed by atoms with E-state index in [0.717, 1.165) is 11.3 Å². The molecule has 2 aromatic rings. The molecule has 0 spiro atoms. The van der Waals surface area contributed by atoms with Gasteiger partial charge in [0.1, 0.15) is 5.75 Å². The monoisotopic (exact) mass is 283 g/mol. The summed E-state index contributed by atoms with van der Waals surface area (Å²) in [5.41, 5.74) is 3.53. The fourth-order valence-corrected chi connectivity index (χ4v) is 2.25. The van der Waals surface area contributed by atoms with E-state index in [0.29, 0.717) is 17.2 Å². The topological polar surface area (TPSA) is 38.3 Å². The fourth-order valence-electron chi connectivity index (χ4n) is 2.25. The molecule has 2 aromatic carbocycles. The van der Waals surface area contributed by atoms with Crippen LogP contribution in [0.3, 0.4) is 0 Å². The predicted molar refractivity (Wildman–Crippen MR) is 86.2 cm³/mol. The summed E-state index contributed by atoms with van der Waals surface area (Å²) in [6.45, 7) is 6.21. The van der Waals surface area contributed by atoms with Crippen LogP contribution in [0.4, 0.5) is 5.69 Å². The van der Waals surface area contributed by atoms with Gasteiger partial charge in [-0.1, -0.05) is 38.1 Å². The molecular formula is C18H21NO2. The Morgan fingerprint density at radius 1 is 1.10 bits per heavy atom. The van der Waals surface area contributed by atoms with Gasteiger partial charge < -0.3 is 10.1 Å². The van der Waals surface area contributed by atoms with Crippen molar-refractivity contribution in [3.8, 4) is 5.75 Å². The van der Waals surface area contributed by atoms with Crippen molar-refractivity contribution in [2.24, 2.45) is 0 Å². The number of rotatable bonds is 4. The van der Waals surface area contributed by atoms with Gasteiger partial charge in [0, 0.05) is 5.69 Å². The highest BCUT2D eigenvalue weighted by atomic mass is 16.5. The van der Waals surface area contributed by atoms with Crippen molar-refractivity contribution in [1.82, 2.24) is 0 Å². The lowest BCUT2D eigenvalue weighted by Crippen LogP contribution is -2.13. The lowest BCUT2D eigenvalue weighted by Gasteiger charge is -2.12. The normalized spacial score (nSPS) is 10.5. The van der Waals surface area contributed by atoms with Crippen molar-refractivity contribution in [1.29, 1.82) is 0 Å². The van der Waals surface area contributed by atoms with E-state index in [1.807, 2.05) is 43.3 Å². The second-order valence-electron chi connectivity index (χ2n) is 5.39. The van der Waals surface area contributed by atoms with Gasteiger partial charge in [0.2, 0.25) is 0 Å². The quantitative estimate of drug-likeness (QED) is 0.904. The van der Waals surface area contributed by atoms with E-state index in [9.17, 15) is 4.79 Å². The molecule has 0 atom stereocenters. The highest BCUT2D eigenvalue weighted by Crippen LogP contribution is 2.24. The number of methoxy groups -OCH3 is 1. The Kier molecular flexibility index (Phi) is 4.63. The summed E-state index contributed by atoms with van der Waals surface area (Å²) in [5.74, 6) is 0.938. The lowest BCUT2D eigenvalue weighted by molar-refractivity contribution is 0.102. The Balaban J connectivity index is 2.20. The molecule has 0 aliphatic rings.